The van der Waals surface area contributed by atoms with Crippen LogP contribution >= 0.6 is 27.5 Å². The average molecular weight is 369 g/mol. The normalized spacial score (nSPS) is 12.2. The van der Waals surface area contributed by atoms with Crippen molar-refractivity contribution in [3.63, 3.8) is 0 Å². The van der Waals surface area contributed by atoms with Gasteiger partial charge in [-0.1, -0.05) is 52.7 Å². The third kappa shape index (κ3) is 4.22. The monoisotopic (exact) mass is 367 g/mol. The number of para-hydroxylation sites is 1. The lowest BCUT2D eigenvalue weighted by atomic mass is 9.98. The number of halogens is 2. The molecule has 2 aromatic carbocycles. The van der Waals surface area contributed by atoms with Gasteiger partial charge in [0.25, 0.3) is 0 Å². The van der Waals surface area contributed by atoms with Crippen molar-refractivity contribution >= 4 is 27.5 Å². The van der Waals surface area contributed by atoms with E-state index in [0.717, 1.165) is 27.8 Å². The summed E-state index contributed by atoms with van der Waals surface area (Å²) in [5, 5.41) is 4.06. The smallest absolute Gasteiger partial charge is 0.124 e. The number of ether oxygens (including phenoxy) is 1. The van der Waals surface area contributed by atoms with E-state index in [9.17, 15) is 0 Å². The molecule has 0 aromatic heterocycles. The maximum atomic E-state index is 6.17. The van der Waals surface area contributed by atoms with Crippen LogP contribution in [0.2, 0.25) is 5.02 Å². The molecule has 2 nitrogen and oxygen atoms in total. The molecule has 1 atom stereocenters. The molecule has 0 aliphatic heterocycles. The van der Waals surface area contributed by atoms with E-state index in [4.69, 9.17) is 16.3 Å². The van der Waals surface area contributed by atoms with Crippen LogP contribution in [0.1, 0.15) is 30.5 Å². The maximum Gasteiger partial charge on any atom is 0.124 e. The summed E-state index contributed by atoms with van der Waals surface area (Å²) in [6.45, 7) is 2.82. The average Bonchev–Trinajstić information content (AvgIpc) is 2.46. The van der Waals surface area contributed by atoms with Gasteiger partial charge in [-0.05, 0) is 43.3 Å². The van der Waals surface area contributed by atoms with Crippen LogP contribution in [0.25, 0.3) is 0 Å². The molecule has 1 unspecified atom stereocenters. The van der Waals surface area contributed by atoms with Crippen LogP contribution < -0.4 is 10.1 Å². The van der Waals surface area contributed by atoms with Crippen LogP contribution in [0.4, 0.5) is 0 Å². The lowest BCUT2D eigenvalue weighted by molar-refractivity contribution is 0.312. The number of benzene rings is 2. The third-order valence-corrected chi connectivity index (χ3v) is 3.87. The van der Waals surface area contributed by atoms with Gasteiger partial charge in [0.2, 0.25) is 0 Å². The van der Waals surface area contributed by atoms with Gasteiger partial charge in [-0.2, -0.15) is 0 Å². The Kier molecular flexibility index (Phi) is 6.09. The summed E-state index contributed by atoms with van der Waals surface area (Å²) in [5.74, 6) is 0.912. The van der Waals surface area contributed by atoms with E-state index in [1.54, 1.807) is 0 Å². The number of nitrogens with one attached hydrogen (secondary N) is 1. The Labute approximate surface area is 139 Å². The summed E-state index contributed by atoms with van der Waals surface area (Å²) < 4.78 is 6.84. The molecule has 0 radical (unpaired) electrons. The number of hydrogen-bond donors (Lipinski definition) is 1. The molecular weight excluding hydrogens is 350 g/mol. The van der Waals surface area contributed by atoms with Gasteiger partial charge in [-0.3, -0.25) is 0 Å². The molecule has 2 aromatic rings. The largest absolute Gasteiger partial charge is 0.493 e. The molecule has 0 amide bonds. The molecule has 112 valence electrons. The summed E-state index contributed by atoms with van der Waals surface area (Å²) in [5.41, 5.74) is 2.21. The van der Waals surface area contributed by atoms with E-state index in [1.807, 2.05) is 37.4 Å². The van der Waals surface area contributed by atoms with E-state index in [2.05, 4.69) is 40.3 Å². The van der Waals surface area contributed by atoms with Gasteiger partial charge in [-0.25, -0.2) is 0 Å². The molecule has 4 heteroatoms. The second-order valence-corrected chi connectivity index (χ2v) is 6.16. The highest BCUT2D eigenvalue weighted by atomic mass is 79.9. The van der Waals surface area contributed by atoms with Crippen LogP contribution in [0.15, 0.2) is 46.9 Å². The Hall–Kier alpha value is -1.03. The van der Waals surface area contributed by atoms with Gasteiger partial charge >= 0.3 is 0 Å². The van der Waals surface area contributed by atoms with Crippen molar-refractivity contribution in [3.05, 3.63) is 63.1 Å². The fraction of sp³-hybridized carbons (Fsp3) is 0.294. The topological polar surface area (TPSA) is 21.3 Å². The Balaban J connectivity index is 2.41. The van der Waals surface area contributed by atoms with E-state index < -0.39 is 0 Å². The Morgan fingerprint density at radius 3 is 2.67 bits per heavy atom. The molecule has 0 heterocycles. The zero-order valence-electron chi connectivity index (χ0n) is 12.2. The predicted octanol–water partition coefficient (Wildman–Crippen LogP) is 5.20. The van der Waals surface area contributed by atoms with Crippen molar-refractivity contribution in [1.29, 1.82) is 0 Å². The summed E-state index contributed by atoms with van der Waals surface area (Å²) >= 11 is 9.67. The lowest BCUT2D eigenvalue weighted by Gasteiger charge is -2.21. The quantitative estimate of drug-likeness (QED) is 0.756. The van der Waals surface area contributed by atoms with Gasteiger partial charge in [0, 0.05) is 15.1 Å². The fourth-order valence-corrected chi connectivity index (χ4v) is 3.19. The minimum absolute atomic E-state index is 0.0352. The van der Waals surface area contributed by atoms with Crippen molar-refractivity contribution in [1.82, 2.24) is 5.32 Å². The maximum absolute atomic E-state index is 6.17. The minimum atomic E-state index is 0.0352. The molecule has 0 saturated heterocycles. The first-order valence-corrected chi connectivity index (χ1v) is 8.17. The molecule has 0 spiro atoms. The molecule has 0 bridgehead atoms. The van der Waals surface area contributed by atoms with Gasteiger partial charge in [0.15, 0.2) is 0 Å². The zero-order chi connectivity index (χ0) is 15.2. The molecule has 0 saturated carbocycles. The molecule has 0 fully saturated rings. The summed E-state index contributed by atoms with van der Waals surface area (Å²) in [6.07, 6.45) is 0.987. The zero-order valence-corrected chi connectivity index (χ0v) is 14.5. The van der Waals surface area contributed by atoms with Crippen LogP contribution in [-0.2, 0) is 0 Å². The number of rotatable bonds is 6. The first-order chi connectivity index (χ1) is 10.2. The van der Waals surface area contributed by atoms with Crippen LogP contribution in [-0.4, -0.2) is 13.7 Å². The third-order valence-electron chi connectivity index (χ3n) is 3.20. The number of hydrogen-bond acceptors (Lipinski definition) is 2. The molecule has 2 rings (SSSR count). The SMILES string of the molecule is CCCOc1ccccc1C(NC)c1cc(Cl)cc(Br)c1. The van der Waals surface area contributed by atoms with Gasteiger partial charge in [-0.15, -0.1) is 0 Å². The summed E-state index contributed by atoms with van der Waals surface area (Å²) in [6, 6.07) is 14.1. The Morgan fingerprint density at radius 2 is 2.00 bits per heavy atom. The highest BCUT2D eigenvalue weighted by Gasteiger charge is 2.17. The summed E-state index contributed by atoms with van der Waals surface area (Å²) in [4.78, 5) is 0. The predicted molar refractivity (Wildman–Crippen MR) is 92.3 cm³/mol. The highest BCUT2D eigenvalue weighted by molar-refractivity contribution is 9.10. The van der Waals surface area contributed by atoms with Crippen molar-refractivity contribution in [2.45, 2.75) is 19.4 Å². The first-order valence-electron chi connectivity index (χ1n) is 7.00. The molecule has 0 aliphatic carbocycles. The van der Waals surface area contributed by atoms with Crippen LogP contribution in [0, 0.1) is 0 Å². The highest BCUT2D eigenvalue weighted by Crippen LogP contribution is 2.32. The summed E-state index contributed by atoms with van der Waals surface area (Å²) in [7, 11) is 1.94. The van der Waals surface area contributed by atoms with Crippen molar-refractivity contribution in [2.75, 3.05) is 13.7 Å². The second-order valence-electron chi connectivity index (χ2n) is 4.81. The van der Waals surface area contributed by atoms with Crippen molar-refractivity contribution in [3.8, 4) is 5.75 Å². The van der Waals surface area contributed by atoms with Gasteiger partial charge < -0.3 is 10.1 Å². The van der Waals surface area contributed by atoms with Crippen LogP contribution in [0.3, 0.4) is 0 Å². The van der Waals surface area contributed by atoms with E-state index in [0.29, 0.717) is 11.6 Å². The molecule has 0 aliphatic rings. The molecule has 21 heavy (non-hydrogen) atoms. The Bertz CT molecular complexity index is 583. The van der Waals surface area contributed by atoms with Gasteiger partial charge in [0.1, 0.15) is 5.75 Å². The fourth-order valence-electron chi connectivity index (χ4n) is 2.31. The lowest BCUT2D eigenvalue weighted by Crippen LogP contribution is -2.18. The van der Waals surface area contributed by atoms with Crippen LogP contribution in [0.5, 0.6) is 5.75 Å². The minimum Gasteiger partial charge on any atom is -0.493 e. The molecular formula is C17H19BrClNO. The second kappa shape index (κ2) is 7.83. The van der Waals surface area contributed by atoms with Crippen molar-refractivity contribution in [2.24, 2.45) is 0 Å². The van der Waals surface area contributed by atoms with E-state index in [-0.39, 0.29) is 6.04 Å². The van der Waals surface area contributed by atoms with E-state index in [1.165, 1.54) is 0 Å². The molecule has 1 N–H and O–H groups in total. The Morgan fingerprint density at radius 1 is 1.24 bits per heavy atom. The van der Waals surface area contributed by atoms with Crippen molar-refractivity contribution < 1.29 is 4.74 Å². The van der Waals surface area contributed by atoms with Gasteiger partial charge in [0.05, 0.1) is 12.6 Å². The standard InChI is InChI=1S/C17H19BrClNO/c1-3-8-21-16-7-5-4-6-15(16)17(20-2)12-9-13(18)11-14(19)10-12/h4-7,9-11,17,20H,3,8H2,1-2H3. The first kappa shape index (κ1) is 16.3. The van der Waals surface area contributed by atoms with E-state index >= 15 is 0 Å².